The van der Waals surface area contributed by atoms with Gasteiger partial charge in [-0.25, -0.2) is 9.48 Å². The predicted octanol–water partition coefficient (Wildman–Crippen LogP) is 4.09. The Balaban J connectivity index is 1.57. The first-order valence-electron chi connectivity index (χ1n) is 10.5. The second-order valence-electron chi connectivity index (χ2n) is 7.25. The molecule has 0 radical (unpaired) electrons. The zero-order valence-corrected chi connectivity index (χ0v) is 19.1. The summed E-state index contributed by atoms with van der Waals surface area (Å²) in [6.07, 6.45) is 2.83. The van der Waals surface area contributed by atoms with Gasteiger partial charge < -0.3 is 19.5 Å². The molecule has 0 aliphatic carbocycles. The summed E-state index contributed by atoms with van der Waals surface area (Å²) >= 11 is 0. The minimum Gasteiger partial charge on any atom is -0.493 e. The molecule has 0 fully saturated rings. The average molecular weight is 450 g/mol. The number of methoxy groups -OCH3 is 1. The molecule has 0 bridgehead atoms. The highest BCUT2D eigenvalue weighted by molar-refractivity contribution is 5.94. The average Bonchev–Trinajstić information content (AvgIpc) is 3.17. The molecular formula is C25H27N3O5. The number of aryl methyl sites for hydroxylation is 2. The Labute approximate surface area is 192 Å². The second kappa shape index (κ2) is 11.0. The van der Waals surface area contributed by atoms with Gasteiger partial charge >= 0.3 is 5.97 Å². The molecule has 0 unspecified atom stereocenters. The molecule has 8 heteroatoms. The van der Waals surface area contributed by atoms with Gasteiger partial charge in [-0.3, -0.25) is 4.79 Å². The van der Waals surface area contributed by atoms with Crippen LogP contribution in [-0.4, -0.2) is 42.0 Å². The van der Waals surface area contributed by atoms with Gasteiger partial charge in [0.2, 0.25) is 0 Å². The number of carbonyl (C=O) groups excluding carboxylic acids is 2. The maximum atomic E-state index is 12.3. The Kier molecular flexibility index (Phi) is 7.86. The number of anilines is 1. The fourth-order valence-electron chi connectivity index (χ4n) is 3.06. The van der Waals surface area contributed by atoms with E-state index in [1.807, 2.05) is 45.0 Å². The summed E-state index contributed by atoms with van der Waals surface area (Å²) in [4.78, 5) is 24.4. The number of aromatic nitrogens is 2. The van der Waals surface area contributed by atoms with Crippen molar-refractivity contribution in [2.45, 2.75) is 20.8 Å². The summed E-state index contributed by atoms with van der Waals surface area (Å²) in [7, 11) is 1.55. The van der Waals surface area contributed by atoms with Gasteiger partial charge in [-0.05, 0) is 56.7 Å². The quantitative estimate of drug-likeness (QED) is 0.391. The van der Waals surface area contributed by atoms with E-state index in [2.05, 4.69) is 10.4 Å². The van der Waals surface area contributed by atoms with Crippen molar-refractivity contribution in [3.63, 3.8) is 0 Å². The minimum atomic E-state index is -0.638. The number of amides is 1. The van der Waals surface area contributed by atoms with Crippen LogP contribution in [0.5, 0.6) is 11.5 Å². The zero-order chi connectivity index (χ0) is 23.8. The molecule has 0 spiro atoms. The lowest BCUT2D eigenvalue weighted by Crippen LogP contribution is -2.21. The number of hydrogen-bond acceptors (Lipinski definition) is 6. The number of carbonyl (C=O) groups is 2. The molecule has 8 nitrogen and oxygen atoms in total. The number of benzene rings is 2. The van der Waals surface area contributed by atoms with E-state index in [0.29, 0.717) is 23.9 Å². The van der Waals surface area contributed by atoms with E-state index < -0.39 is 18.5 Å². The van der Waals surface area contributed by atoms with Crippen LogP contribution in [0.15, 0.2) is 54.6 Å². The van der Waals surface area contributed by atoms with E-state index in [9.17, 15) is 9.59 Å². The molecular weight excluding hydrogens is 422 g/mol. The molecule has 33 heavy (non-hydrogen) atoms. The van der Waals surface area contributed by atoms with E-state index in [1.165, 1.54) is 6.08 Å². The first-order valence-corrected chi connectivity index (χ1v) is 10.5. The van der Waals surface area contributed by atoms with Gasteiger partial charge in [0.25, 0.3) is 5.91 Å². The second-order valence-corrected chi connectivity index (χ2v) is 7.25. The molecule has 1 aromatic heterocycles. The molecule has 1 N–H and O–H groups in total. The van der Waals surface area contributed by atoms with Crippen molar-refractivity contribution in [2.75, 3.05) is 25.6 Å². The van der Waals surface area contributed by atoms with Crippen LogP contribution in [0, 0.1) is 13.8 Å². The highest BCUT2D eigenvalue weighted by atomic mass is 16.5. The molecule has 0 aliphatic heterocycles. The Bertz CT molecular complexity index is 1150. The lowest BCUT2D eigenvalue weighted by Gasteiger charge is -2.10. The molecule has 3 aromatic rings. The summed E-state index contributed by atoms with van der Waals surface area (Å²) in [5.74, 6) is 0.576. The van der Waals surface area contributed by atoms with E-state index in [-0.39, 0.29) is 0 Å². The molecule has 0 saturated carbocycles. The summed E-state index contributed by atoms with van der Waals surface area (Å²) in [6.45, 7) is 5.81. The number of hydrogen-bond donors (Lipinski definition) is 1. The smallest absolute Gasteiger partial charge is 0.331 e. The van der Waals surface area contributed by atoms with Gasteiger partial charge in [-0.15, -0.1) is 0 Å². The fraction of sp³-hybridized carbons (Fsp3) is 0.240. The number of ether oxygens (including phenoxy) is 3. The molecule has 0 saturated heterocycles. The van der Waals surface area contributed by atoms with Crippen LogP contribution in [0.3, 0.4) is 0 Å². The Morgan fingerprint density at radius 1 is 1.06 bits per heavy atom. The van der Waals surface area contributed by atoms with Crippen molar-refractivity contribution < 1.29 is 23.8 Å². The van der Waals surface area contributed by atoms with Gasteiger partial charge in [0.1, 0.15) is 5.82 Å². The van der Waals surface area contributed by atoms with Gasteiger partial charge in [0.15, 0.2) is 18.1 Å². The van der Waals surface area contributed by atoms with Gasteiger partial charge in [0, 0.05) is 12.1 Å². The lowest BCUT2D eigenvalue weighted by molar-refractivity contribution is -0.142. The van der Waals surface area contributed by atoms with Crippen molar-refractivity contribution in [3.05, 3.63) is 71.4 Å². The van der Waals surface area contributed by atoms with E-state index in [1.54, 1.807) is 42.1 Å². The molecule has 1 heterocycles. The van der Waals surface area contributed by atoms with Crippen LogP contribution in [-0.2, 0) is 14.3 Å². The van der Waals surface area contributed by atoms with E-state index >= 15 is 0 Å². The standard InChI is InChI=1S/C25H27N3O5/c1-5-32-21-12-8-19(15-22(21)31-4)9-13-25(30)33-16-24(29)26-23-14-18(3)27-28(23)20-10-6-17(2)7-11-20/h6-15H,5,16H2,1-4H3,(H,26,29)/b13-9+. The lowest BCUT2D eigenvalue weighted by atomic mass is 10.2. The normalized spacial score (nSPS) is 10.8. The Morgan fingerprint density at radius 2 is 1.82 bits per heavy atom. The van der Waals surface area contributed by atoms with Crippen molar-refractivity contribution in [2.24, 2.45) is 0 Å². The van der Waals surface area contributed by atoms with Crippen LogP contribution in [0.25, 0.3) is 11.8 Å². The van der Waals surface area contributed by atoms with Crippen molar-refractivity contribution in [3.8, 4) is 17.2 Å². The molecule has 1 amide bonds. The topological polar surface area (TPSA) is 91.7 Å². The first kappa shape index (κ1) is 23.6. The van der Waals surface area contributed by atoms with Crippen LogP contribution in [0.1, 0.15) is 23.7 Å². The summed E-state index contributed by atoms with van der Waals surface area (Å²) < 4.78 is 17.5. The largest absolute Gasteiger partial charge is 0.493 e. The first-order chi connectivity index (χ1) is 15.9. The monoisotopic (exact) mass is 449 g/mol. The molecule has 2 aromatic carbocycles. The summed E-state index contributed by atoms with van der Waals surface area (Å²) in [5, 5.41) is 7.15. The molecule has 172 valence electrons. The van der Waals surface area contributed by atoms with Gasteiger partial charge in [-0.1, -0.05) is 23.8 Å². The Morgan fingerprint density at radius 3 is 2.52 bits per heavy atom. The van der Waals surface area contributed by atoms with Crippen LogP contribution in [0.2, 0.25) is 0 Å². The highest BCUT2D eigenvalue weighted by Crippen LogP contribution is 2.28. The third-order valence-corrected chi connectivity index (χ3v) is 4.62. The van der Waals surface area contributed by atoms with Crippen molar-refractivity contribution in [1.82, 2.24) is 9.78 Å². The van der Waals surface area contributed by atoms with Crippen LogP contribution in [0.4, 0.5) is 5.82 Å². The van der Waals surface area contributed by atoms with Crippen molar-refractivity contribution in [1.29, 1.82) is 0 Å². The summed E-state index contributed by atoms with van der Waals surface area (Å²) in [6, 6.07) is 14.8. The number of esters is 1. The minimum absolute atomic E-state index is 0.423. The zero-order valence-electron chi connectivity index (χ0n) is 19.1. The maximum absolute atomic E-state index is 12.3. The van der Waals surface area contributed by atoms with Gasteiger partial charge in [-0.2, -0.15) is 5.10 Å². The fourth-order valence-corrected chi connectivity index (χ4v) is 3.06. The van der Waals surface area contributed by atoms with Gasteiger partial charge in [0.05, 0.1) is 25.1 Å². The Hall–Kier alpha value is -4.07. The molecule has 0 atom stereocenters. The molecule has 3 rings (SSSR count). The maximum Gasteiger partial charge on any atom is 0.331 e. The molecule has 0 aliphatic rings. The van der Waals surface area contributed by atoms with E-state index in [4.69, 9.17) is 14.2 Å². The van der Waals surface area contributed by atoms with Crippen LogP contribution < -0.4 is 14.8 Å². The summed E-state index contributed by atoms with van der Waals surface area (Å²) in [5.41, 5.74) is 3.41. The number of nitrogens with one attached hydrogen (secondary N) is 1. The third kappa shape index (κ3) is 6.46. The third-order valence-electron chi connectivity index (χ3n) is 4.62. The van der Waals surface area contributed by atoms with Crippen LogP contribution >= 0.6 is 0 Å². The number of rotatable bonds is 9. The SMILES string of the molecule is CCOc1ccc(/C=C/C(=O)OCC(=O)Nc2cc(C)nn2-c2ccc(C)cc2)cc1OC. The highest BCUT2D eigenvalue weighted by Gasteiger charge is 2.12. The predicted molar refractivity (Wildman–Crippen MR) is 126 cm³/mol. The van der Waals surface area contributed by atoms with E-state index in [0.717, 1.165) is 22.5 Å². The number of nitrogens with zero attached hydrogens (tertiary/aromatic N) is 2. The van der Waals surface area contributed by atoms with Crippen molar-refractivity contribution >= 4 is 23.8 Å².